The van der Waals surface area contributed by atoms with Crippen molar-refractivity contribution in [2.24, 2.45) is 0 Å². The van der Waals surface area contributed by atoms with Crippen molar-refractivity contribution < 1.29 is 4.79 Å². The molecule has 0 radical (unpaired) electrons. The van der Waals surface area contributed by atoms with E-state index in [1.807, 2.05) is 38.1 Å². The summed E-state index contributed by atoms with van der Waals surface area (Å²) in [6.45, 7) is 9.19. The standard InChI is InChI=1S/C21H30N6O/c1-15-7-8-18(13-16(15)2)26-21(28)23-10-9-22-19-14-20(25-17(3)24-19)27-11-5-4-6-12-27/h7-8,13-14H,4-6,9-12H2,1-3H3,(H,22,24,25)(H2,23,26,28). The van der Waals surface area contributed by atoms with Gasteiger partial charge in [-0.25, -0.2) is 14.8 Å². The Balaban J connectivity index is 1.46. The summed E-state index contributed by atoms with van der Waals surface area (Å²) in [5.74, 6) is 2.53. The third-order valence-corrected chi connectivity index (χ3v) is 4.99. The summed E-state index contributed by atoms with van der Waals surface area (Å²) in [5, 5.41) is 9.00. The van der Waals surface area contributed by atoms with E-state index in [0.717, 1.165) is 41.8 Å². The van der Waals surface area contributed by atoms with E-state index in [4.69, 9.17) is 0 Å². The Bertz CT molecular complexity index is 817. The van der Waals surface area contributed by atoms with E-state index in [-0.39, 0.29) is 6.03 Å². The Hall–Kier alpha value is -2.83. The van der Waals surface area contributed by atoms with Gasteiger partial charge in [0.1, 0.15) is 17.5 Å². The predicted octanol–water partition coefficient (Wildman–Crippen LogP) is 3.63. The Kier molecular flexibility index (Phi) is 6.68. The van der Waals surface area contributed by atoms with Crippen molar-refractivity contribution >= 4 is 23.4 Å². The largest absolute Gasteiger partial charge is 0.368 e. The zero-order valence-corrected chi connectivity index (χ0v) is 17.0. The van der Waals surface area contributed by atoms with Crippen LogP contribution < -0.4 is 20.9 Å². The van der Waals surface area contributed by atoms with Crippen LogP contribution in [-0.4, -0.2) is 42.2 Å². The number of carbonyl (C=O) groups excluding carboxylic acids is 1. The number of rotatable bonds is 6. The third-order valence-electron chi connectivity index (χ3n) is 4.99. The molecule has 1 aromatic heterocycles. The van der Waals surface area contributed by atoms with Gasteiger partial charge >= 0.3 is 6.03 Å². The summed E-state index contributed by atoms with van der Waals surface area (Å²) >= 11 is 0. The van der Waals surface area contributed by atoms with Crippen LogP contribution in [0.25, 0.3) is 0 Å². The van der Waals surface area contributed by atoms with Gasteiger partial charge in [-0.15, -0.1) is 0 Å². The number of urea groups is 1. The average molecular weight is 383 g/mol. The highest BCUT2D eigenvalue weighted by Gasteiger charge is 2.13. The smallest absolute Gasteiger partial charge is 0.319 e. The Morgan fingerprint density at radius 2 is 1.79 bits per heavy atom. The second-order valence-electron chi connectivity index (χ2n) is 7.31. The molecule has 1 saturated heterocycles. The lowest BCUT2D eigenvalue weighted by atomic mass is 10.1. The number of amides is 2. The van der Waals surface area contributed by atoms with Crippen molar-refractivity contribution in [1.82, 2.24) is 15.3 Å². The molecule has 0 unspecified atom stereocenters. The van der Waals surface area contributed by atoms with Crippen LogP contribution in [0.2, 0.25) is 0 Å². The molecule has 7 heteroatoms. The summed E-state index contributed by atoms with van der Waals surface area (Å²) in [4.78, 5) is 23.4. The minimum Gasteiger partial charge on any atom is -0.368 e. The lowest BCUT2D eigenvalue weighted by molar-refractivity contribution is 0.252. The fourth-order valence-corrected chi connectivity index (χ4v) is 3.29. The normalized spacial score (nSPS) is 13.9. The Morgan fingerprint density at radius 1 is 1.00 bits per heavy atom. The maximum atomic E-state index is 12.1. The van der Waals surface area contributed by atoms with Crippen LogP contribution in [-0.2, 0) is 0 Å². The molecule has 28 heavy (non-hydrogen) atoms. The second-order valence-corrected chi connectivity index (χ2v) is 7.31. The van der Waals surface area contributed by atoms with Gasteiger partial charge in [-0.1, -0.05) is 6.07 Å². The molecule has 1 aliphatic heterocycles. The number of hydrogen-bond donors (Lipinski definition) is 3. The molecular formula is C21H30N6O. The van der Waals surface area contributed by atoms with Crippen LogP contribution in [0.1, 0.15) is 36.2 Å². The molecule has 150 valence electrons. The van der Waals surface area contributed by atoms with E-state index in [9.17, 15) is 4.79 Å². The van der Waals surface area contributed by atoms with Crippen LogP contribution in [0.3, 0.4) is 0 Å². The maximum absolute atomic E-state index is 12.1. The highest BCUT2D eigenvalue weighted by Crippen LogP contribution is 2.20. The molecular weight excluding hydrogens is 352 g/mol. The molecule has 1 aromatic carbocycles. The second kappa shape index (κ2) is 9.39. The van der Waals surface area contributed by atoms with Gasteiger partial charge < -0.3 is 20.9 Å². The zero-order chi connectivity index (χ0) is 19.9. The van der Waals surface area contributed by atoms with E-state index < -0.39 is 0 Å². The molecule has 2 aromatic rings. The van der Waals surface area contributed by atoms with Crippen LogP contribution in [0.4, 0.5) is 22.1 Å². The van der Waals surface area contributed by atoms with Crippen LogP contribution in [0.5, 0.6) is 0 Å². The van der Waals surface area contributed by atoms with Crippen molar-refractivity contribution in [3.8, 4) is 0 Å². The van der Waals surface area contributed by atoms with Gasteiger partial charge in [-0.3, -0.25) is 0 Å². The number of carbonyl (C=O) groups is 1. The number of benzene rings is 1. The number of aromatic nitrogens is 2. The minimum atomic E-state index is -0.210. The van der Waals surface area contributed by atoms with Crippen molar-refractivity contribution in [3.63, 3.8) is 0 Å². The van der Waals surface area contributed by atoms with Gasteiger partial charge in [0.15, 0.2) is 0 Å². The highest BCUT2D eigenvalue weighted by atomic mass is 16.2. The highest BCUT2D eigenvalue weighted by molar-refractivity contribution is 5.89. The van der Waals surface area contributed by atoms with Crippen molar-refractivity contribution in [1.29, 1.82) is 0 Å². The number of hydrogen-bond acceptors (Lipinski definition) is 5. The Labute approximate surface area is 167 Å². The third kappa shape index (κ3) is 5.58. The lowest BCUT2D eigenvalue weighted by Crippen LogP contribution is -2.33. The number of nitrogens with zero attached hydrogens (tertiary/aromatic N) is 3. The average Bonchev–Trinajstić information content (AvgIpc) is 2.68. The van der Waals surface area contributed by atoms with Crippen LogP contribution in [0, 0.1) is 20.8 Å². The van der Waals surface area contributed by atoms with Gasteiger partial charge in [0, 0.05) is 37.9 Å². The first-order valence-electron chi connectivity index (χ1n) is 9.98. The van der Waals surface area contributed by atoms with Gasteiger partial charge in [0.05, 0.1) is 0 Å². The van der Waals surface area contributed by atoms with E-state index in [1.165, 1.54) is 24.8 Å². The van der Waals surface area contributed by atoms with Crippen molar-refractivity contribution in [2.75, 3.05) is 41.7 Å². The predicted molar refractivity (Wildman–Crippen MR) is 114 cm³/mol. The van der Waals surface area contributed by atoms with E-state index in [1.54, 1.807) is 0 Å². The first-order valence-corrected chi connectivity index (χ1v) is 9.98. The molecule has 0 atom stereocenters. The number of piperidine rings is 1. The summed E-state index contributed by atoms with van der Waals surface area (Å²) < 4.78 is 0. The topological polar surface area (TPSA) is 82.2 Å². The first kappa shape index (κ1) is 19.9. The number of nitrogens with one attached hydrogen (secondary N) is 3. The molecule has 7 nitrogen and oxygen atoms in total. The maximum Gasteiger partial charge on any atom is 0.319 e. The van der Waals surface area contributed by atoms with Crippen molar-refractivity contribution in [3.05, 3.63) is 41.2 Å². The summed E-state index contributed by atoms with van der Waals surface area (Å²) in [6, 6.07) is 7.67. The SMILES string of the molecule is Cc1nc(NCCNC(=O)Nc2ccc(C)c(C)c2)cc(N2CCCCC2)n1. The molecule has 1 aliphatic rings. The van der Waals surface area contributed by atoms with Crippen LogP contribution >= 0.6 is 0 Å². The molecule has 3 N–H and O–H groups in total. The molecule has 2 heterocycles. The Morgan fingerprint density at radius 3 is 2.54 bits per heavy atom. The quantitative estimate of drug-likeness (QED) is 0.665. The molecule has 0 aliphatic carbocycles. The molecule has 0 bridgehead atoms. The van der Waals surface area contributed by atoms with Gasteiger partial charge in [0.2, 0.25) is 0 Å². The molecule has 3 rings (SSSR count). The molecule has 2 amide bonds. The lowest BCUT2D eigenvalue weighted by Gasteiger charge is -2.28. The fraction of sp³-hybridized carbons (Fsp3) is 0.476. The monoisotopic (exact) mass is 382 g/mol. The van der Waals surface area contributed by atoms with Crippen molar-refractivity contribution in [2.45, 2.75) is 40.0 Å². The summed E-state index contributed by atoms with van der Waals surface area (Å²) in [5.41, 5.74) is 3.16. The fourth-order valence-electron chi connectivity index (χ4n) is 3.29. The van der Waals surface area contributed by atoms with Gasteiger partial charge in [-0.05, 0) is 63.3 Å². The van der Waals surface area contributed by atoms with Crippen LogP contribution in [0.15, 0.2) is 24.3 Å². The molecule has 0 spiro atoms. The minimum absolute atomic E-state index is 0.210. The number of anilines is 3. The zero-order valence-electron chi connectivity index (χ0n) is 17.0. The summed E-state index contributed by atoms with van der Waals surface area (Å²) in [6.07, 6.45) is 3.72. The van der Waals surface area contributed by atoms with E-state index in [2.05, 4.69) is 37.7 Å². The van der Waals surface area contributed by atoms with E-state index in [0.29, 0.717) is 13.1 Å². The first-order chi connectivity index (χ1) is 13.5. The molecule has 1 fully saturated rings. The summed E-state index contributed by atoms with van der Waals surface area (Å²) in [7, 11) is 0. The molecule has 0 saturated carbocycles. The number of aryl methyl sites for hydroxylation is 3. The van der Waals surface area contributed by atoms with E-state index >= 15 is 0 Å². The van der Waals surface area contributed by atoms with Gasteiger partial charge in [-0.2, -0.15) is 0 Å². The van der Waals surface area contributed by atoms with Gasteiger partial charge in [0.25, 0.3) is 0 Å².